The third-order valence-electron chi connectivity index (χ3n) is 2.49. The smallest absolute Gasteiger partial charge is 0.336 e. The minimum atomic E-state index is -0.498. The van der Waals surface area contributed by atoms with Crippen molar-refractivity contribution < 1.29 is 18.8 Å². The Bertz CT molecular complexity index is 339. The number of hydrogen-bond donors (Lipinski definition) is 0. The maximum absolute atomic E-state index is 11.3. The molecule has 16 heavy (non-hydrogen) atoms. The number of nitrogens with zero attached hydrogens (tertiary/aromatic N) is 2. The van der Waals surface area contributed by atoms with Gasteiger partial charge in [0, 0.05) is 19.2 Å². The number of carbonyl (C=O) groups is 1. The van der Waals surface area contributed by atoms with Crippen molar-refractivity contribution in [3.8, 4) is 0 Å². The highest BCUT2D eigenvalue weighted by Gasteiger charge is 2.27. The van der Waals surface area contributed by atoms with Crippen LogP contribution in [-0.4, -0.2) is 48.9 Å². The molecule has 1 fully saturated rings. The normalized spacial score (nSPS) is 21.9. The van der Waals surface area contributed by atoms with Crippen LogP contribution in [0.4, 0.5) is 0 Å². The summed E-state index contributed by atoms with van der Waals surface area (Å²) < 4.78 is 15.0. The molecule has 2 rings (SSSR count). The third-order valence-corrected chi connectivity index (χ3v) is 2.49. The van der Waals surface area contributed by atoms with E-state index in [2.05, 4.69) is 14.8 Å². The Labute approximate surface area is 93.1 Å². The van der Waals surface area contributed by atoms with Crippen molar-refractivity contribution in [2.75, 3.05) is 26.8 Å². The van der Waals surface area contributed by atoms with Gasteiger partial charge in [0.2, 0.25) is 0 Å². The highest BCUT2D eigenvalue weighted by Crippen LogP contribution is 2.10. The second-order valence-electron chi connectivity index (χ2n) is 3.60. The average Bonchev–Trinajstić information content (AvgIpc) is 2.81. The Morgan fingerprint density at radius 3 is 3.31 bits per heavy atom. The number of aromatic nitrogens is 1. The van der Waals surface area contributed by atoms with Crippen molar-refractivity contribution in [3.05, 3.63) is 18.0 Å². The van der Waals surface area contributed by atoms with Crippen LogP contribution in [0.25, 0.3) is 0 Å². The predicted molar refractivity (Wildman–Crippen MR) is 53.5 cm³/mol. The highest BCUT2D eigenvalue weighted by atomic mass is 16.6. The van der Waals surface area contributed by atoms with Crippen LogP contribution in [0.5, 0.6) is 0 Å². The van der Waals surface area contributed by atoms with Crippen LogP contribution < -0.4 is 0 Å². The fourth-order valence-corrected chi connectivity index (χ4v) is 1.66. The first kappa shape index (κ1) is 11.1. The van der Waals surface area contributed by atoms with Gasteiger partial charge in [0.15, 0.2) is 11.9 Å². The van der Waals surface area contributed by atoms with E-state index in [1.807, 2.05) is 6.07 Å². The first-order valence-electron chi connectivity index (χ1n) is 5.11. The van der Waals surface area contributed by atoms with Gasteiger partial charge >= 0.3 is 5.97 Å². The lowest BCUT2D eigenvalue weighted by molar-refractivity contribution is -0.160. The molecule has 1 atom stereocenters. The van der Waals surface area contributed by atoms with Gasteiger partial charge in [-0.05, 0) is 0 Å². The number of morpholine rings is 1. The minimum Gasteiger partial charge on any atom is -0.467 e. The molecule has 0 saturated carbocycles. The molecule has 1 saturated heterocycles. The third kappa shape index (κ3) is 2.59. The van der Waals surface area contributed by atoms with Crippen molar-refractivity contribution in [1.82, 2.24) is 10.1 Å². The quantitative estimate of drug-likeness (QED) is 0.678. The summed E-state index contributed by atoms with van der Waals surface area (Å²) in [6, 6.07) is 1.81. The number of ether oxygens (including phenoxy) is 2. The first-order valence-corrected chi connectivity index (χ1v) is 5.11. The molecular formula is C10H14N2O4. The minimum absolute atomic E-state index is 0.331. The van der Waals surface area contributed by atoms with E-state index < -0.39 is 6.10 Å². The van der Waals surface area contributed by atoms with Gasteiger partial charge in [-0.1, -0.05) is 5.16 Å². The van der Waals surface area contributed by atoms with Crippen LogP contribution in [0.3, 0.4) is 0 Å². The molecule has 0 aromatic carbocycles. The van der Waals surface area contributed by atoms with Crippen molar-refractivity contribution >= 4 is 5.97 Å². The summed E-state index contributed by atoms with van der Waals surface area (Å²) in [6.45, 7) is 2.45. The van der Waals surface area contributed by atoms with Crippen LogP contribution >= 0.6 is 0 Å². The van der Waals surface area contributed by atoms with E-state index in [0.717, 1.165) is 12.3 Å². The number of carbonyl (C=O) groups excluding carboxylic acids is 1. The topological polar surface area (TPSA) is 64.8 Å². The van der Waals surface area contributed by atoms with E-state index in [4.69, 9.17) is 9.26 Å². The number of esters is 1. The van der Waals surface area contributed by atoms with E-state index in [9.17, 15) is 4.79 Å². The highest BCUT2D eigenvalue weighted by molar-refractivity contribution is 5.74. The molecule has 0 spiro atoms. The molecule has 0 aliphatic carbocycles. The van der Waals surface area contributed by atoms with Gasteiger partial charge in [0.25, 0.3) is 0 Å². The molecule has 1 unspecified atom stereocenters. The summed E-state index contributed by atoms with van der Waals surface area (Å²) in [5.41, 5.74) is 0. The van der Waals surface area contributed by atoms with Gasteiger partial charge in [-0.25, -0.2) is 4.79 Å². The second kappa shape index (κ2) is 5.09. The Balaban J connectivity index is 1.89. The second-order valence-corrected chi connectivity index (χ2v) is 3.60. The fourth-order valence-electron chi connectivity index (χ4n) is 1.66. The summed E-state index contributed by atoms with van der Waals surface area (Å²) >= 11 is 0. The van der Waals surface area contributed by atoms with Gasteiger partial charge in [-0.2, -0.15) is 0 Å². The molecule has 2 heterocycles. The van der Waals surface area contributed by atoms with E-state index in [1.54, 1.807) is 6.20 Å². The molecule has 1 aliphatic heterocycles. The van der Waals surface area contributed by atoms with Crippen LogP contribution in [0, 0.1) is 0 Å². The van der Waals surface area contributed by atoms with Crippen molar-refractivity contribution in [2.24, 2.45) is 0 Å². The summed E-state index contributed by atoms with van der Waals surface area (Å²) in [4.78, 5) is 13.4. The predicted octanol–water partition coefficient (Wildman–Crippen LogP) is 0.0484. The maximum Gasteiger partial charge on any atom is 0.336 e. The SMILES string of the molecule is COC(=O)C1CN(Cc2ccno2)CCO1. The summed E-state index contributed by atoms with van der Waals surface area (Å²) in [7, 11) is 1.36. The first-order chi connectivity index (χ1) is 7.79. The maximum atomic E-state index is 11.3. The number of methoxy groups -OCH3 is 1. The standard InChI is InChI=1S/C10H14N2O4/c1-14-10(13)9-7-12(4-5-15-9)6-8-2-3-11-16-8/h2-3,9H,4-7H2,1H3. The Morgan fingerprint density at radius 1 is 1.75 bits per heavy atom. The summed E-state index contributed by atoms with van der Waals surface area (Å²) in [5, 5.41) is 3.63. The van der Waals surface area contributed by atoms with Gasteiger partial charge in [0.05, 0.1) is 26.5 Å². The van der Waals surface area contributed by atoms with Crippen LogP contribution in [0.15, 0.2) is 16.8 Å². The Kier molecular flexibility index (Phi) is 3.53. The van der Waals surface area contributed by atoms with Crippen molar-refractivity contribution in [2.45, 2.75) is 12.6 Å². The van der Waals surface area contributed by atoms with E-state index in [1.165, 1.54) is 7.11 Å². The zero-order valence-corrected chi connectivity index (χ0v) is 9.09. The molecule has 1 aromatic heterocycles. The molecule has 6 heteroatoms. The number of rotatable bonds is 3. The number of hydrogen-bond acceptors (Lipinski definition) is 6. The largest absolute Gasteiger partial charge is 0.467 e. The summed E-state index contributed by atoms with van der Waals surface area (Å²) in [6.07, 6.45) is 1.11. The van der Waals surface area contributed by atoms with Gasteiger partial charge < -0.3 is 14.0 Å². The Morgan fingerprint density at radius 2 is 2.62 bits per heavy atom. The molecule has 0 N–H and O–H groups in total. The molecule has 0 radical (unpaired) electrons. The lowest BCUT2D eigenvalue weighted by atomic mass is 10.2. The lowest BCUT2D eigenvalue weighted by Gasteiger charge is -2.30. The molecule has 6 nitrogen and oxygen atoms in total. The molecule has 0 bridgehead atoms. The zero-order chi connectivity index (χ0) is 11.4. The van der Waals surface area contributed by atoms with E-state index in [0.29, 0.717) is 19.7 Å². The molecule has 0 amide bonds. The van der Waals surface area contributed by atoms with Crippen LogP contribution in [-0.2, 0) is 20.8 Å². The molecule has 1 aromatic rings. The van der Waals surface area contributed by atoms with Gasteiger partial charge in [-0.3, -0.25) is 4.90 Å². The van der Waals surface area contributed by atoms with E-state index in [-0.39, 0.29) is 5.97 Å². The van der Waals surface area contributed by atoms with Crippen LogP contribution in [0.2, 0.25) is 0 Å². The van der Waals surface area contributed by atoms with Crippen LogP contribution in [0.1, 0.15) is 5.76 Å². The lowest BCUT2D eigenvalue weighted by Crippen LogP contribution is -2.45. The van der Waals surface area contributed by atoms with E-state index >= 15 is 0 Å². The molecular weight excluding hydrogens is 212 g/mol. The molecule has 88 valence electrons. The van der Waals surface area contributed by atoms with Crippen molar-refractivity contribution in [3.63, 3.8) is 0 Å². The van der Waals surface area contributed by atoms with Gasteiger partial charge in [-0.15, -0.1) is 0 Å². The monoisotopic (exact) mass is 226 g/mol. The molecule has 1 aliphatic rings. The average molecular weight is 226 g/mol. The zero-order valence-electron chi connectivity index (χ0n) is 9.09. The fraction of sp³-hybridized carbons (Fsp3) is 0.600. The van der Waals surface area contributed by atoms with Gasteiger partial charge in [0.1, 0.15) is 0 Å². The van der Waals surface area contributed by atoms with Crippen molar-refractivity contribution in [1.29, 1.82) is 0 Å². The Hall–Kier alpha value is -1.40. The summed E-state index contributed by atoms with van der Waals surface area (Å²) in [5.74, 6) is 0.452.